The monoisotopic (exact) mass is 243 g/mol. The van der Waals surface area contributed by atoms with Gasteiger partial charge in [-0.25, -0.2) is 0 Å². The fourth-order valence-corrected chi connectivity index (χ4v) is 2.21. The van der Waals surface area contributed by atoms with Crippen molar-refractivity contribution >= 4 is 11.8 Å². The first kappa shape index (κ1) is 13.1. The topological polar surface area (TPSA) is 32.3 Å². The number of nitrogens with one attached hydrogen (secondary N) is 1. The third kappa shape index (κ3) is 5.63. The summed E-state index contributed by atoms with van der Waals surface area (Å²) in [4.78, 5) is 0. The molecule has 0 aromatic rings. The molecule has 0 aromatic heterocycles. The molecule has 0 saturated heterocycles. The third-order valence-electron chi connectivity index (χ3n) is 2.50. The molecule has 0 amide bonds. The second-order valence-corrected chi connectivity index (χ2v) is 4.87. The summed E-state index contributed by atoms with van der Waals surface area (Å²) in [5, 5.41) is 12.5. The molecule has 6 heteroatoms. The first-order chi connectivity index (χ1) is 6.99. The van der Waals surface area contributed by atoms with Gasteiger partial charge in [0.05, 0.1) is 6.10 Å². The maximum Gasteiger partial charge on any atom is 0.441 e. The molecule has 1 aliphatic rings. The maximum atomic E-state index is 11.8. The van der Waals surface area contributed by atoms with E-state index in [1.54, 1.807) is 0 Å². The average Bonchev–Trinajstić information content (AvgIpc) is 2.13. The molecule has 1 aliphatic carbocycles. The van der Waals surface area contributed by atoms with E-state index in [2.05, 4.69) is 5.32 Å². The van der Waals surface area contributed by atoms with Crippen LogP contribution in [-0.2, 0) is 0 Å². The Kier molecular flexibility index (Phi) is 5.22. The lowest BCUT2D eigenvalue weighted by Gasteiger charge is -2.28. The summed E-state index contributed by atoms with van der Waals surface area (Å²) in [6, 6.07) is -0.0208. The van der Waals surface area contributed by atoms with Gasteiger partial charge in [0, 0.05) is 18.3 Å². The molecular formula is C9H16F3NOS. The van der Waals surface area contributed by atoms with Crippen LogP contribution in [0.4, 0.5) is 13.2 Å². The van der Waals surface area contributed by atoms with Crippen molar-refractivity contribution in [3.63, 3.8) is 0 Å². The van der Waals surface area contributed by atoms with Gasteiger partial charge in [-0.15, -0.1) is 0 Å². The zero-order valence-electron chi connectivity index (χ0n) is 8.39. The molecule has 1 saturated carbocycles. The molecule has 0 aliphatic heterocycles. The molecule has 1 rings (SSSR count). The largest absolute Gasteiger partial charge is 0.441 e. The van der Waals surface area contributed by atoms with Gasteiger partial charge in [0.1, 0.15) is 0 Å². The van der Waals surface area contributed by atoms with Gasteiger partial charge < -0.3 is 10.4 Å². The van der Waals surface area contributed by atoms with Crippen molar-refractivity contribution in [1.82, 2.24) is 5.32 Å². The molecule has 0 heterocycles. The molecule has 0 radical (unpaired) electrons. The van der Waals surface area contributed by atoms with Crippen molar-refractivity contribution < 1.29 is 18.3 Å². The summed E-state index contributed by atoms with van der Waals surface area (Å²) in [5.74, 6) is 0.00667. The first-order valence-corrected chi connectivity index (χ1v) is 6.10. The molecule has 1 fully saturated rings. The highest BCUT2D eigenvalue weighted by molar-refractivity contribution is 8.00. The van der Waals surface area contributed by atoms with Crippen molar-refractivity contribution in [3.05, 3.63) is 0 Å². The van der Waals surface area contributed by atoms with Gasteiger partial charge >= 0.3 is 5.51 Å². The van der Waals surface area contributed by atoms with Crippen LogP contribution in [0.5, 0.6) is 0 Å². The molecular weight excluding hydrogens is 227 g/mol. The molecule has 0 aromatic carbocycles. The van der Waals surface area contributed by atoms with Gasteiger partial charge in [0.25, 0.3) is 0 Å². The number of rotatable bonds is 4. The highest BCUT2D eigenvalue weighted by Gasteiger charge is 2.28. The number of hydrogen-bond donors (Lipinski definition) is 2. The lowest BCUT2D eigenvalue weighted by atomic mass is 9.93. The minimum atomic E-state index is -4.15. The van der Waals surface area contributed by atoms with Crippen molar-refractivity contribution in [2.24, 2.45) is 0 Å². The van der Waals surface area contributed by atoms with Gasteiger partial charge in [-0.3, -0.25) is 0 Å². The maximum absolute atomic E-state index is 11.8. The SMILES string of the molecule is O[C@@H]1CCCC[C@H]1NCCSC(F)(F)F. The van der Waals surface area contributed by atoms with Gasteiger partial charge in [-0.1, -0.05) is 12.8 Å². The van der Waals surface area contributed by atoms with Crippen LogP contribution in [-0.4, -0.2) is 35.1 Å². The van der Waals surface area contributed by atoms with E-state index in [0.717, 1.165) is 25.7 Å². The van der Waals surface area contributed by atoms with Gasteiger partial charge in [0.2, 0.25) is 0 Å². The first-order valence-electron chi connectivity index (χ1n) is 5.11. The fourth-order valence-electron chi connectivity index (χ4n) is 1.76. The standard InChI is InChI=1S/C9H16F3NOS/c10-9(11,12)15-6-5-13-7-3-1-2-4-8(7)14/h7-8,13-14H,1-6H2/t7-,8-/m1/s1. The lowest BCUT2D eigenvalue weighted by molar-refractivity contribution is -0.0327. The van der Waals surface area contributed by atoms with E-state index < -0.39 is 11.6 Å². The Labute approximate surface area is 91.6 Å². The van der Waals surface area contributed by atoms with E-state index in [-0.39, 0.29) is 23.6 Å². The van der Waals surface area contributed by atoms with Crippen molar-refractivity contribution in [1.29, 1.82) is 0 Å². The number of halogens is 3. The highest BCUT2D eigenvalue weighted by Crippen LogP contribution is 2.29. The van der Waals surface area contributed by atoms with Crippen LogP contribution in [0.2, 0.25) is 0 Å². The van der Waals surface area contributed by atoms with Crippen LogP contribution in [0.1, 0.15) is 25.7 Å². The summed E-state index contributed by atoms with van der Waals surface area (Å²) in [6.07, 6.45) is 3.27. The Balaban J connectivity index is 2.08. The molecule has 90 valence electrons. The summed E-state index contributed by atoms with van der Waals surface area (Å²) in [5.41, 5.74) is -4.15. The van der Waals surface area contributed by atoms with Gasteiger partial charge in [-0.2, -0.15) is 13.2 Å². The zero-order valence-corrected chi connectivity index (χ0v) is 9.20. The second kappa shape index (κ2) is 5.96. The molecule has 2 atom stereocenters. The molecule has 15 heavy (non-hydrogen) atoms. The van der Waals surface area contributed by atoms with E-state index in [9.17, 15) is 18.3 Å². The average molecular weight is 243 g/mol. The van der Waals surface area contributed by atoms with Crippen LogP contribution < -0.4 is 5.32 Å². The minimum Gasteiger partial charge on any atom is -0.392 e. The summed E-state index contributed by atoms with van der Waals surface area (Å²) < 4.78 is 35.4. The van der Waals surface area contributed by atoms with E-state index >= 15 is 0 Å². The summed E-state index contributed by atoms with van der Waals surface area (Å²) in [6.45, 7) is 0.298. The normalized spacial score (nSPS) is 28.0. The number of aliphatic hydroxyl groups excluding tert-OH is 1. The number of alkyl halides is 3. The Morgan fingerprint density at radius 3 is 2.53 bits per heavy atom. The van der Waals surface area contributed by atoms with Crippen LogP contribution >= 0.6 is 11.8 Å². The second-order valence-electron chi connectivity index (χ2n) is 3.71. The van der Waals surface area contributed by atoms with Crippen LogP contribution in [0, 0.1) is 0 Å². The fraction of sp³-hybridized carbons (Fsp3) is 1.00. The minimum absolute atomic E-state index is 0.00667. The highest BCUT2D eigenvalue weighted by atomic mass is 32.2. The lowest BCUT2D eigenvalue weighted by Crippen LogP contribution is -2.43. The predicted octanol–water partition coefficient (Wildman–Crippen LogP) is 2.13. The quantitative estimate of drug-likeness (QED) is 0.742. The number of thioether (sulfide) groups is 1. The summed E-state index contributed by atoms with van der Waals surface area (Å²) in [7, 11) is 0. The molecule has 0 bridgehead atoms. The number of aliphatic hydroxyl groups is 1. The summed E-state index contributed by atoms with van der Waals surface area (Å²) >= 11 is -0.0208. The Hall–Kier alpha value is 0.0600. The Morgan fingerprint density at radius 1 is 1.27 bits per heavy atom. The van der Waals surface area contributed by atoms with Crippen molar-refractivity contribution in [3.8, 4) is 0 Å². The van der Waals surface area contributed by atoms with E-state index in [0.29, 0.717) is 6.54 Å². The van der Waals surface area contributed by atoms with Crippen molar-refractivity contribution in [2.45, 2.75) is 43.3 Å². The number of hydrogen-bond acceptors (Lipinski definition) is 3. The van der Waals surface area contributed by atoms with Crippen LogP contribution in [0.3, 0.4) is 0 Å². The van der Waals surface area contributed by atoms with E-state index in [4.69, 9.17) is 0 Å². The van der Waals surface area contributed by atoms with Gasteiger partial charge in [0.15, 0.2) is 0 Å². The molecule has 0 unspecified atom stereocenters. The van der Waals surface area contributed by atoms with Crippen LogP contribution in [0.25, 0.3) is 0 Å². The Morgan fingerprint density at radius 2 is 1.93 bits per heavy atom. The third-order valence-corrected chi connectivity index (χ3v) is 3.24. The van der Waals surface area contributed by atoms with E-state index in [1.165, 1.54) is 0 Å². The van der Waals surface area contributed by atoms with E-state index in [1.807, 2.05) is 0 Å². The molecule has 2 N–H and O–H groups in total. The van der Waals surface area contributed by atoms with Crippen LogP contribution in [0.15, 0.2) is 0 Å². The Bertz CT molecular complexity index is 189. The van der Waals surface area contributed by atoms with Crippen molar-refractivity contribution in [2.75, 3.05) is 12.3 Å². The predicted molar refractivity (Wildman–Crippen MR) is 54.8 cm³/mol. The van der Waals surface area contributed by atoms with Gasteiger partial charge in [-0.05, 0) is 24.6 Å². The molecule has 2 nitrogen and oxygen atoms in total. The zero-order chi connectivity index (χ0) is 11.3. The molecule has 0 spiro atoms. The smallest absolute Gasteiger partial charge is 0.392 e.